The second-order valence-electron chi connectivity index (χ2n) is 5.63. The molecule has 1 heterocycles. The number of carbonyl (C=O) groups excluding carboxylic acids is 1. The topological polar surface area (TPSA) is 50.5 Å². The van der Waals surface area contributed by atoms with Gasteiger partial charge in [-0.3, -0.25) is 4.79 Å². The lowest BCUT2D eigenvalue weighted by atomic mass is 10.1. The highest BCUT2D eigenvalue weighted by molar-refractivity contribution is 5.96. The molecule has 0 aliphatic carbocycles. The van der Waals surface area contributed by atoms with Crippen molar-refractivity contribution < 1.29 is 13.6 Å². The molecule has 3 aromatic rings. The van der Waals surface area contributed by atoms with Crippen LogP contribution < -0.4 is 5.63 Å². The molecule has 1 unspecified atom stereocenters. The van der Waals surface area contributed by atoms with Gasteiger partial charge in [-0.25, -0.2) is 9.18 Å². The fourth-order valence-electron chi connectivity index (χ4n) is 2.54. The van der Waals surface area contributed by atoms with E-state index in [2.05, 4.69) is 0 Å². The molecule has 24 heavy (non-hydrogen) atoms. The van der Waals surface area contributed by atoms with E-state index in [9.17, 15) is 14.0 Å². The average Bonchev–Trinajstić information content (AvgIpc) is 2.60. The first-order valence-electron chi connectivity index (χ1n) is 7.53. The van der Waals surface area contributed by atoms with E-state index in [0.29, 0.717) is 11.0 Å². The van der Waals surface area contributed by atoms with E-state index < -0.39 is 11.5 Å². The number of nitrogens with zero attached hydrogens (tertiary/aromatic N) is 1. The minimum atomic E-state index is -0.670. The van der Waals surface area contributed by atoms with E-state index in [1.807, 2.05) is 6.92 Å². The number of halogens is 1. The third-order valence-electron chi connectivity index (χ3n) is 4.13. The zero-order valence-corrected chi connectivity index (χ0v) is 13.3. The molecule has 0 radical (unpaired) electrons. The molecule has 2 aromatic carbocycles. The lowest BCUT2D eigenvalue weighted by Crippen LogP contribution is -2.32. The Hall–Kier alpha value is -2.95. The number of rotatable bonds is 3. The maximum atomic E-state index is 13.0. The molecule has 0 fully saturated rings. The van der Waals surface area contributed by atoms with Crippen molar-refractivity contribution in [1.82, 2.24) is 4.90 Å². The van der Waals surface area contributed by atoms with Crippen molar-refractivity contribution in [2.45, 2.75) is 13.0 Å². The summed E-state index contributed by atoms with van der Waals surface area (Å²) < 4.78 is 18.3. The predicted octanol–water partition coefficient (Wildman–Crippen LogP) is 3.77. The van der Waals surface area contributed by atoms with Crippen molar-refractivity contribution in [2.75, 3.05) is 7.05 Å². The van der Waals surface area contributed by atoms with Gasteiger partial charge in [0.15, 0.2) is 0 Å². The quantitative estimate of drug-likeness (QED) is 0.689. The van der Waals surface area contributed by atoms with E-state index in [0.717, 1.165) is 5.56 Å². The fourth-order valence-corrected chi connectivity index (χ4v) is 2.54. The summed E-state index contributed by atoms with van der Waals surface area (Å²) in [5, 5.41) is 0.684. The first kappa shape index (κ1) is 15.9. The normalized spacial score (nSPS) is 12.1. The summed E-state index contributed by atoms with van der Waals surface area (Å²) in [5.41, 5.74) is 0.521. The first-order valence-corrected chi connectivity index (χ1v) is 7.53. The number of para-hydroxylation sites is 1. The second kappa shape index (κ2) is 6.28. The third-order valence-corrected chi connectivity index (χ3v) is 4.13. The molecule has 1 aromatic heterocycles. The van der Waals surface area contributed by atoms with Crippen molar-refractivity contribution in [3.8, 4) is 0 Å². The highest BCUT2D eigenvalue weighted by Gasteiger charge is 2.22. The number of fused-ring (bicyclic) bond motifs is 1. The van der Waals surface area contributed by atoms with Gasteiger partial charge in [0.05, 0.1) is 6.04 Å². The third kappa shape index (κ3) is 2.93. The molecule has 0 saturated carbocycles. The maximum absolute atomic E-state index is 13.0. The average molecular weight is 325 g/mol. The number of benzene rings is 2. The molecule has 0 N–H and O–H groups in total. The molecule has 122 valence electrons. The summed E-state index contributed by atoms with van der Waals surface area (Å²) in [6, 6.07) is 14.2. The monoisotopic (exact) mass is 325 g/mol. The Morgan fingerprint density at radius 2 is 1.79 bits per heavy atom. The van der Waals surface area contributed by atoms with Crippen LogP contribution in [0.1, 0.15) is 28.9 Å². The zero-order chi connectivity index (χ0) is 17.3. The largest absolute Gasteiger partial charge is 0.422 e. The van der Waals surface area contributed by atoms with Gasteiger partial charge in [-0.05, 0) is 36.8 Å². The van der Waals surface area contributed by atoms with Crippen LogP contribution >= 0.6 is 0 Å². The fraction of sp³-hybridized carbons (Fsp3) is 0.158. The van der Waals surface area contributed by atoms with Crippen LogP contribution in [-0.4, -0.2) is 17.9 Å². The van der Waals surface area contributed by atoms with Crippen molar-refractivity contribution in [3.05, 3.63) is 82.0 Å². The second-order valence-corrected chi connectivity index (χ2v) is 5.63. The summed E-state index contributed by atoms with van der Waals surface area (Å²) >= 11 is 0. The zero-order valence-electron chi connectivity index (χ0n) is 13.3. The lowest BCUT2D eigenvalue weighted by molar-refractivity contribution is 0.0738. The molecular formula is C19H16FNO3. The van der Waals surface area contributed by atoms with Gasteiger partial charge in [0.1, 0.15) is 17.0 Å². The van der Waals surface area contributed by atoms with E-state index in [4.69, 9.17) is 4.42 Å². The number of hydrogen-bond donors (Lipinski definition) is 0. The minimum Gasteiger partial charge on any atom is -0.422 e. The van der Waals surface area contributed by atoms with Crippen LogP contribution in [-0.2, 0) is 0 Å². The van der Waals surface area contributed by atoms with Crippen LogP contribution in [0.25, 0.3) is 11.0 Å². The van der Waals surface area contributed by atoms with Crippen molar-refractivity contribution in [1.29, 1.82) is 0 Å². The Morgan fingerprint density at radius 3 is 2.50 bits per heavy atom. The van der Waals surface area contributed by atoms with Crippen LogP contribution in [0, 0.1) is 5.82 Å². The van der Waals surface area contributed by atoms with E-state index in [1.54, 1.807) is 43.4 Å². The lowest BCUT2D eigenvalue weighted by Gasteiger charge is -2.25. The Kier molecular flexibility index (Phi) is 4.16. The smallest absolute Gasteiger partial charge is 0.349 e. The number of carbonyl (C=O) groups is 1. The van der Waals surface area contributed by atoms with E-state index in [1.165, 1.54) is 23.1 Å². The van der Waals surface area contributed by atoms with Gasteiger partial charge in [-0.15, -0.1) is 0 Å². The predicted molar refractivity (Wildman–Crippen MR) is 89.4 cm³/mol. The standard InChI is InChI=1S/C19H16FNO3/c1-12(13-7-9-15(20)10-8-13)21(2)18(22)16-11-14-5-3-4-6-17(14)24-19(16)23/h3-12H,1-2H3. The van der Waals surface area contributed by atoms with Crippen LogP contribution in [0.5, 0.6) is 0 Å². The summed E-state index contributed by atoms with van der Waals surface area (Å²) in [5.74, 6) is -0.776. The summed E-state index contributed by atoms with van der Waals surface area (Å²) in [4.78, 5) is 26.2. The molecule has 0 aliphatic heterocycles. The van der Waals surface area contributed by atoms with Gasteiger partial charge < -0.3 is 9.32 Å². The Bertz CT molecular complexity index is 947. The van der Waals surface area contributed by atoms with E-state index >= 15 is 0 Å². The summed E-state index contributed by atoms with van der Waals surface area (Å²) in [6.45, 7) is 1.81. The summed E-state index contributed by atoms with van der Waals surface area (Å²) in [7, 11) is 1.60. The van der Waals surface area contributed by atoms with Crippen LogP contribution in [0.4, 0.5) is 4.39 Å². The van der Waals surface area contributed by atoms with Crippen molar-refractivity contribution >= 4 is 16.9 Å². The molecular weight excluding hydrogens is 309 g/mol. The number of amides is 1. The van der Waals surface area contributed by atoms with Gasteiger partial charge in [0, 0.05) is 12.4 Å². The molecule has 4 nitrogen and oxygen atoms in total. The Labute approximate surface area is 138 Å². The SMILES string of the molecule is CC(c1ccc(F)cc1)N(C)C(=O)c1cc2ccccc2oc1=O. The molecule has 1 amide bonds. The van der Waals surface area contributed by atoms with Gasteiger partial charge in [-0.2, -0.15) is 0 Å². The van der Waals surface area contributed by atoms with Crippen LogP contribution in [0.3, 0.4) is 0 Å². The first-order chi connectivity index (χ1) is 11.5. The molecule has 0 saturated heterocycles. The Morgan fingerprint density at radius 1 is 1.12 bits per heavy atom. The molecule has 0 bridgehead atoms. The summed E-state index contributed by atoms with van der Waals surface area (Å²) in [6.07, 6.45) is 0. The molecule has 3 rings (SSSR count). The molecule has 0 spiro atoms. The van der Waals surface area contributed by atoms with Crippen molar-refractivity contribution in [2.24, 2.45) is 0 Å². The Balaban J connectivity index is 1.94. The highest BCUT2D eigenvalue weighted by atomic mass is 19.1. The highest BCUT2D eigenvalue weighted by Crippen LogP contribution is 2.21. The van der Waals surface area contributed by atoms with E-state index in [-0.39, 0.29) is 17.4 Å². The molecule has 5 heteroatoms. The van der Waals surface area contributed by atoms with Gasteiger partial charge in [0.25, 0.3) is 5.91 Å². The molecule has 1 atom stereocenters. The van der Waals surface area contributed by atoms with Gasteiger partial charge in [-0.1, -0.05) is 30.3 Å². The van der Waals surface area contributed by atoms with Crippen LogP contribution in [0.2, 0.25) is 0 Å². The van der Waals surface area contributed by atoms with Crippen LogP contribution in [0.15, 0.2) is 63.8 Å². The maximum Gasteiger partial charge on any atom is 0.349 e. The van der Waals surface area contributed by atoms with Crippen molar-refractivity contribution in [3.63, 3.8) is 0 Å². The number of hydrogen-bond acceptors (Lipinski definition) is 3. The van der Waals surface area contributed by atoms with Gasteiger partial charge in [0.2, 0.25) is 0 Å². The molecule has 0 aliphatic rings. The van der Waals surface area contributed by atoms with Gasteiger partial charge >= 0.3 is 5.63 Å². The minimum absolute atomic E-state index is 0.0230.